The van der Waals surface area contributed by atoms with E-state index < -0.39 is 0 Å². The summed E-state index contributed by atoms with van der Waals surface area (Å²) in [4.78, 5) is 14.1. The number of likely N-dealkylation sites (N-methyl/N-ethyl adjacent to an activating group) is 1. The molecule has 0 bridgehead atoms. The normalized spacial score (nSPS) is 17.8. The van der Waals surface area contributed by atoms with Crippen LogP contribution >= 0.6 is 0 Å². The molecule has 1 aliphatic heterocycles. The highest BCUT2D eigenvalue weighted by Crippen LogP contribution is 2.22. The van der Waals surface area contributed by atoms with Gasteiger partial charge in [-0.05, 0) is 58.2 Å². The molecule has 1 fully saturated rings. The summed E-state index contributed by atoms with van der Waals surface area (Å²) in [6, 6.07) is 4.10. The molecule has 0 saturated carbocycles. The topological polar surface area (TPSA) is 58.3 Å². The molecular weight excluding hydrogens is 302 g/mol. The van der Waals surface area contributed by atoms with E-state index in [0.717, 1.165) is 42.9 Å². The second-order valence-electron chi connectivity index (χ2n) is 6.22. The van der Waals surface area contributed by atoms with Crippen LogP contribution < -0.4 is 0 Å². The first-order valence-electron chi connectivity index (χ1n) is 8.71. The minimum absolute atomic E-state index is 0.191. The van der Waals surface area contributed by atoms with Gasteiger partial charge in [-0.25, -0.2) is 0 Å². The van der Waals surface area contributed by atoms with E-state index in [-0.39, 0.29) is 17.6 Å². The van der Waals surface area contributed by atoms with Crippen LogP contribution in [0.15, 0.2) is 11.6 Å². The third kappa shape index (κ3) is 3.88. The van der Waals surface area contributed by atoms with Crippen molar-refractivity contribution in [3.8, 4) is 6.07 Å². The summed E-state index contributed by atoms with van der Waals surface area (Å²) < 4.78 is 7.95. The van der Waals surface area contributed by atoms with E-state index in [0.29, 0.717) is 13.1 Å². The molecule has 0 aliphatic carbocycles. The summed E-state index contributed by atoms with van der Waals surface area (Å²) in [5, 5.41) is 9.40. The zero-order valence-corrected chi connectivity index (χ0v) is 15.1. The third-order valence-electron chi connectivity index (χ3n) is 4.72. The van der Waals surface area contributed by atoms with Crippen LogP contribution in [0.3, 0.4) is 0 Å². The van der Waals surface area contributed by atoms with E-state index in [1.165, 1.54) is 0 Å². The number of carbonyl (C=O) groups excluding carboxylic acids is 1. The maximum absolute atomic E-state index is 12.4. The maximum atomic E-state index is 12.4. The van der Waals surface area contributed by atoms with Gasteiger partial charge in [-0.3, -0.25) is 4.79 Å². The fourth-order valence-corrected chi connectivity index (χ4v) is 3.23. The van der Waals surface area contributed by atoms with Gasteiger partial charge in [-0.1, -0.05) is 0 Å². The third-order valence-corrected chi connectivity index (χ3v) is 4.72. The van der Waals surface area contributed by atoms with Crippen LogP contribution in [-0.4, -0.2) is 41.2 Å². The summed E-state index contributed by atoms with van der Waals surface area (Å²) in [6.07, 6.45) is 4.19. The van der Waals surface area contributed by atoms with E-state index in [2.05, 4.69) is 17.6 Å². The monoisotopic (exact) mass is 329 g/mol. The van der Waals surface area contributed by atoms with Gasteiger partial charge in [0, 0.05) is 37.6 Å². The quantitative estimate of drug-likeness (QED) is 0.595. The Morgan fingerprint density at radius 2 is 2.17 bits per heavy atom. The van der Waals surface area contributed by atoms with Crippen molar-refractivity contribution in [3.63, 3.8) is 0 Å². The van der Waals surface area contributed by atoms with Crippen molar-refractivity contribution >= 4 is 12.0 Å². The molecule has 1 aliphatic rings. The Kier molecular flexibility index (Phi) is 6.22. The lowest BCUT2D eigenvalue weighted by atomic mass is 10.1. The number of hydrogen-bond acceptors (Lipinski definition) is 3. The van der Waals surface area contributed by atoms with Crippen LogP contribution in [-0.2, 0) is 16.1 Å². The molecule has 0 N–H and O–H groups in total. The van der Waals surface area contributed by atoms with Crippen molar-refractivity contribution in [2.45, 2.75) is 53.2 Å². The van der Waals surface area contributed by atoms with Crippen LogP contribution in [0.4, 0.5) is 0 Å². The Labute approximate surface area is 144 Å². The molecule has 0 spiro atoms. The molecule has 5 nitrogen and oxygen atoms in total. The molecule has 5 heteroatoms. The van der Waals surface area contributed by atoms with Gasteiger partial charge in [0.25, 0.3) is 5.91 Å². The van der Waals surface area contributed by atoms with Crippen LogP contribution in [0.25, 0.3) is 6.08 Å². The van der Waals surface area contributed by atoms with Gasteiger partial charge in [-0.2, -0.15) is 5.26 Å². The summed E-state index contributed by atoms with van der Waals surface area (Å²) in [5.41, 5.74) is 3.32. The van der Waals surface area contributed by atoms with E-state index in [1.54, 1.807) is 11.0 Å². The number of rotatable bonds is 6. The zero-order chi connectivity index (χ0) is 17.7. The van der Waals surface area contributed by atoms with E-state index in [1.807, 2.05) is 26.8 Å². The number of aromatic nitrogens is 1. The lowest BCUT2D eigenvalue weighted by Crippen LogP contribution is -2.31. The van der Waals surface area contributed by atoms with Gasteiger partial charge < -0.3 is 14.2 Å². The first-order chi connectivity index (χ1) is 11.5. The molecule has 1 atom stereocenters. The first kappa shape index (κ1) is 18.3. The Bertz CT molecular complexity index is 657. The van der Waals surface area contributed by atoms with Crippen molar-refractivity contribution in [2.75, 3.05) is 19.7 Å². The molecule has 0 aromatic carbocycles. The molecule has 1 aromatic heterocycles. The zero-order valence-electron chi connectivity index (χ0n) is 15.1. The standard InChI is InChI=1S/C19H27N3O2/c1-5-21(6-2)19(23)17(12-20)11-16-10-14(3)22(15(16)4)13-18-8-7-9-24-18/h10-11,18H,5-9,13H2,1-4H3/b17-11+. The molecule has 2 rings (SSSR count). The number of aryl methyl sites for hydroxylation is 1. The van der Waals surface area contributed by atoms with Gasteiger partial charge in [0.05, 0.1) is 6.10 Å². The number of ether oxygens (including phenoxy) is 1. The summed E-state index contributed by atoms with van der Waals surface area (Å²) in [6.45, 7) is 10.8. The summed E-state index contributed by atoms with van der Waals surface area (Å²) in [5.74, 6) is -0.202. The molecule has 24 heavy (non-hydrogen) atoms. The SMILES string of the molecule is CCN(CC)C(=O)/C(C#N)=C/c1cc(C)n(CC2CCCO2)c1C. The number of nitriles is 1. The average Bonchev–Trinajstić information content (AvgIpc) is 3.17. The molecule has 1 aromatic rings. The first-order valence-corrected chi connectivity index (χ1v) is 8.71. The Morgan fingerprint density at radius 1 is 1.46 bits per heavy atom. The van der Waals surface area contributed by atoms with Gasteiger partial charge >= 0.3 is 0 Å². The Balaban J connectivity index is 2.27. The number of amides is 1. The van der Waals surface area contributed by atoms with Crippen molar-refractivity contribution in [2.24, 2.45) is 0 Å². The van der Waals surface area contributed by atoms with Gasteiger partial charge in [-0.15, -0.1) is 0 Å². The second kappa shape index (κ2) is 8.16. The predicted molar refractivity (Wildman–Crippen MR) is 94.4 cm³/mol. The second-order valence-corrected chi connectivity index (χ2v) is 6.22. The largest absolute Gasteiger partial charge is 0.376 e. The number of hydrogen-bond donors (Lipinski definition) is 0. The van der Waals surface area contributed by atoms with Crippen LogP contribution in [0.5, 0.6) is 0 Å². The highest BCUT2D eigenvalue weighted by molar-refractivity contribution is 6.01. The lowest BCUT2D eigenvalue weighted by Gasteiger charge is -2.17. The molecule has 130 valence electrons. The minimum Gasteiger partial charge on any atom is -0.376 e. The highest BCUT2D eigenvalue weighted by Gasteiger charge is 2.20. The Morgan fingerprint density at radius 3 is 2.71 bits per heavy atom. The molecule has 1 saturated heterocycles. The van der Waals surface area contributed by atoms with Crippen molar-refractivity contribution in [3.05, 3.63) is 28.6 Å². The molecule has 2 heterocycles. The van der Waals surface area contributed by atoms with E-state index >= 15 is 0 Å². The van der Waals surface area contributed by atoms with E-state index in [9.17, 15) is 10.1 Å². The number of carbonyl (C=O) groups is 1. The molecule has 0 radical (unpaired) electrons. The van der Waals surface area contributed by atoms with Crippen molar-refractivity contribution in [1.29, 1.82) is 5.26 Å². The van der Waals surface area contributed by atoms with Gasteiger partial charge in [0.15, 0.2) is 0 Å². The highest BCUT2D eigenvalue weighted by atomic mass is 16.5. The van der Waals surface area contributed by atoms with Crippen LogP contribution in [0.1, 0.15) is 43.6 Å². The average molecular weight is 329 g/mol. The van der Waals surface area contributed by atoms with Crippen LogP contribution in [0, 0.1) is 25.2 Å². The smallest absolute Gasteiger partial charge is 0.264 e. The fourth-order valence-electron chi connectivity index (χ4n) is 3.23. The lowest BCUT2D eigenvalue weighted by molar-refractivity contribution is -0.126. The maximum Gasteiger partial charge on any atom is 0.264 e. The Hall–Kier alpha value is -2.06. The van der Waals surface area contributed by atoms with Gasteiger partial charge in [0.1, 0.15) is 11.6 Å². The predicted octanol–water partition coefficient (Wildman–Crippen LogP) is 3.06. The van der Waals surface area contributed by atoms with E-state index in [4.69, 9.17) is 4.74 Å². The molecular formula is C19H27N3O2. The summed E-state index contributed by atoms with van der Waals surface area (Å²) in [7, 11) is 0. The van der Waals surface area contributed by atoms with Crippen LogP contribution in [0.2, 0.25) is 0 Å². The molecule has 1 amide bonds. The number of nitrogens with zero attached hydrogens (tertiary/aromatic N) is 3. The van der Waals surface area contributed by atoms with Crippen molar-refractivity contribution in [1.82, 2.24) is 9.47 Å². The summed E-state index contributed by atoms with van der Waals surface area (Å²) >= 11 is 0. The van der Waals surface area contributed by atoms with Gasteiger partial charge in [0.2, 0.25) is 0 Å². The molecule has 1 unspecified atom stereocenters. The van der Waals surface area contributed by atoms with Crippen molar-refractivity contribution < 1.29 is 9.53 Å². The minimum atomic E-state index is -0.202. The fraction of sp³-hybridized carbons (Fsp3) is 0.579.